The van der Waals surface area contributed by atoms with Gasteiger partial charge in [0.2, 0.25) is 0 Å². The van der Waals surface area contributed by atoms with Crippen LogP contribution in [0.2, 0.25) is 0 Å². The van der Waals surface area contributed by atoms with Gasteiger partial charge in [0.05, 0.1) is 51.5 Å². The molecule has 4 unspecified atom stereocenters. The van der Waals surface area contributed by atoms with E-state index in [9.17, 15) is 19.2 Å². The van der Waals surface area contributed by atoms with E-state index in [4.69, 9.17) is 18.9 Å². The number of hydrogen-bond donors (Lipinski definition) is 0. The molecule has 0 N–H and O–H groups in total. The van der Waals surface area contributed by atoms with Crippen molar-refractivity contribution in [3.8, 4) is 0 Å². The second-order valence-electron chi connectivity index (χ2n) is 7.76. The molecule has 0 aliphatic rings. The van der Waals surface area contributed by atoms with Crippen molar-refractivity contribution in [2.75, 3.05) is 28.4 Å². The van der Waals surface area contributed by atoms with E-state index in [0.717, 1.165) is 18.9 Å². The zero-order valence-electron chi connectivity index (χ0n) is 27.8. The van der Waals surface area contributed by atoms with Crippen LogP contribution in [-0.2, 0) is 57.1 Å². The summed E-state index contributed by atoms with van der Waals surface area (Å²) in [5.41, 5.74) is 0. The lowest BCUT2D eigenvalue weighted by atomic mass is 10.2. The molecule has 0 rings (SSSR count). The third kappa shape index (κ3) is 76.6. The fourth-order valence-corrected chi connectivity index (χ4v) is 2.02. The van der Waals surface area contributed by atoms with Crippen LogP contribution < -0.4 is 0 Å². The Morgan fingerprint density at radius 2 is 0.738 bits per heavy atom. The van der Waals surface area contributed by atoms with Crippen molar-refractivity contribution in [3.63, 3.8) is 0 Å². The van der Waals surface area contributed by atoms with Gasteiger partial charge >= 0.3 is 23.9 Å². The molecule has 0 saturated heterocycles. The van der Waals surface area contributed by atoms with E-state index in [2.05, 4.69) is 45.3 Å². The number of ether oxygens (including phenoxy) is 8. The Morgan fingerprint density at radius 1 is 0.500 bits per heavy atom. The molecule has 0 aromatic carbocycles. The van der Waals surface area contributed by atoms with Crippen LogP contribution in [0.4, 0.5) is 0 Å². The maximum Gasteiger partial charge on any atom is 0.307 e. The SMILES string of the molecule is C=COC.C=COC.C=COC(C)=O.C=COC(C)=O.CC(=O)OC(C)CC(C)OC(C)=O.COC(C)CC(C)OC. The third-order valence-electron chi connectivity index (χ3n) is 3.70. The molecule has 0 aliphatic heterocycles. The number of rotatable bonds is 12. The minimum atomic E-state index is -0.329. The number of hydrogen-bond acceptors (Lipinski definition) is 12. The lowest BCUT2D eigenvalue weighted by Gasteiger charge is -2.16. The summed E-state index contributed by atoms with van der Waals surface area (Å²) in [7, 11) is 6.56. The molecule has 42 heavy (non-hydrogen) atoms. The third-order valence-corrected chi connectivity index (χ3v) is 3.70. The van der Waals surface area contributed by atoms with E-state index in [0.29, 0.717) is 18.6 Å². The standard InChI is InChI=1S/C9H16O4.C7H16O2.2C4H6O2.2C3H6O/c1-6(12-8(3)10)5-7(2)13-9(4)11;1-6(8-3)5-7(2)9-4;2*1-3-6-4(2)5;2*1-3-4-2/h6-7H,5H2,1-4H3;6-7H,5H2,1-4H3;2*3H,1H2,2H3;2*3H,1H2,2H3. The number of methoxy groups -OCH3 is 4. The Labute approximate surface area is 253 Å². The van der Waals surface area contributed by atoms with Crippen LogP contribution in [-0.4, -0.2) is 76.7 Å². The monoisotopic (exact) mass is 608 g/mol. The average molecular weight is 609 g/mol. The van der Waals surface area contributed by atoms with E-state index >= 15 is 0 Å². The fourth-order valence-electron chi connectivity index (χ4n) is 2.02. The summed E-state index contributed by atoms with van der Waals surface area (Å²) in [4.78, 5) is 40.6. The number of esters is 4. The molecule has 248 valence electrons. The van der Waals surface area contributed by atoms with Crippen molar-refractivity contribution < 1.29 is 57.1 Å². The van der Waals surface area contributed by atoms with Gasteiger partial charge in [-0.2, -0.15) is 0 Å². The van der Waals surface area contributed by atoms with E-state index < -0.39 is 0 Å². The van der Waals surface area contributed by atoms with Gasteiger partial charge in [0, 0.05) is 48.3 Å². The molecule has 0 aliphatic carbocycles. The van der Waals surface area contributed by atoms with Crippen LogP contribution in [0.5, 0.6) is 0 Å². The largest absolute Gasteiger partial charge is 0.505 e. The molecule has 0 spiro atoms. The lowest BCUT2D eigenvalue weighted by Crippen LogP contribution is -2.21. The summed E-state index contributed by atoms with van der Waals surface area (Å²) >= 11 is 0. The zero-order valence-corrected chi connectivity index (χ0v) is 27.8. The molecule has 0 radical (unpaired) electrons. The summed E-state index contributed by atoms with van der Waals surface area (Å²) in [6.45, 7) is 25.8. The molecule has 4 atom stereocenters. The normalized spacial score (nSPS) is 11.1. The summed E-state index contributed by atoms with van der Waals surface area (Å²) in [6, 6.07) is 0. The van der Waals surface area contributed by atoms with Crippen LogP contribution in [0.1, 0.15) is 68.2 Å². The first kappa shape index (κ1) is 51.1. The highest BCUT2D eigenvalue weighted by Gasteiger charge is 2.12. The van der Waals surface area contributed by atoms with Crippen molar-refractivity contribution in [2.24, 2.45) is 0 Å². The molecular formula is C30H56O12. The summed E-state index contributed by atoms with van der Waals surface area (Å²) in [6.07, 6.45) is 6.62. The van der Waals surface area contributed by atoms with Crippen molar-refractivity contribution in [2.45, 2.75) is 92.6 Å². The maximum absolute atomic E-state index is 10.5. The van der Waals surface area contributed by atoms with Crippen molar-refractivity contribution in [3.05, 3.63) is 51.4 Å². The molecule has 12 nitrogen and oxygen atoms in total. The second-order valence-corrected chi connectivity index (χ2v) is 7.76. The summed E-state index contributed by atoms with van der Waals surface area (Å²) in [5, 5.41) is 0. The number of carbonyl (C=O) groups excluding carboxylic acids is 4. The molecular weight excluding hydrogens is 552 g/mol. The van der Waals surface area contributed by atoms with Gasteiger partial charge in [-0.25, -0.2) is 0 Å². The summed E-state index contributed by atoms with van der Waals surface area (Å²) < 4.78 is 36.8. The fraction of sp³-hybridized carbons (Fsp3) is 0.600. The first-order valence-electron chi connectivity index (χ1n) is 12.7. The van der Waals surface area contributed by atoms with Gasteiger partial charge in [-0.05, 0) is 34.1 Å². The van der Waals surface area contributed by atoms with Crippen LogP contribution in [0.25, 0.3) is 0 Å². The van der Waals surface area contributed by atoms with Crippen LogP contribution in [0, 0.1) is 0 Å². The minimum Gasteiger partial charge on any atom is -0.505 e. The van der Waals surface area contributed by atoms with E-state index in [1.165, 1.54) is 40.2 Å². The predicted octanol–water partition coefficient (Wildman–Crippen LogP) is 5.66. The van der Waals surface area contributed by atoms with Gasteiger partial charge in [-0.3, -0.25) is 19.2 Å². The Bertz CT molecular complexity index is 636. The lowest BCUT2D eigenvalue weighted by molar-refractivity contribution is -0.151. The highest BCUT2D eigenvalue weighted by molar-refractivity contribution is 5.67. The first-order valence-corrected chi connectivity index (χ1v) is 12.7. The van der Waals surface area contributed by atoms with Gasteiger partial charge < -0.3 is 37.9 Å². The minimum absolute atomic E-state index is 0.216. The van der Waals surface area contributed by atoms with E-state index in [1.807, 2.05) is 13.8 Å². The van der Waals surface area contributed by atoms with Crippen molar-refractivity contribution in [1.82, 2.24) is 0 Å². The van der Waals surface area contributed by atoms with Crippen molar-refractivity contribution >= 4 is 23.9 Å². The van der Waals surface area contributed by atoms with Crippen molar-refractivity contribution in [1.29, 1.82) is 0 Å². The maximum atomic E-state index is 10.5. The quantitative estimate of drug-likeness (QED) is 0.153. The van der Waals surface area contributed by atoms with Gasteiger partial charge in [0.15, 0.2) is 0 Å². The van der Waals surface area contributed by atoms with Crippen LogP contribution >= 0.6 is 0 Å². The molecule has 0 aromatic rings. The van der Waals surface area contributed by atoms with Gasteiger partial charge in [0.25, 0.3) is 0 Å². The first-order chi connectivity index (χ1) is 19.5. The molecule has 0 saturated carbocycles. The Balaban J connectivity index is -0.0000000983. The molecule has 0 bridgehead atoms. The molecule has 0 aromatic heterocycles. The molecule has 0 heterocycles. The Hall–Kier alpha value is -3.64. The van der Waals surface area contributed by atoms with Crippen LogP contribution in [0.15, 0.2) is 51.4 Å². The van der Waals surface area contributed by atoms with Crippen LogP contribution in [0.3, 0.4) is 0 Å². The van der Waals surface area contributed by atoms with Gasteiger partial charge in [-0.15, -0.1) is 0 Å². The molecule has 0 amide bonds. The highest BCUT2D eigenvalue weighted by Crippen LogP contribution is 2.06. The summed E-state index contributed by atoms with van der Waals surface area (Å²) in [5.74, 6) is -1.29. The topological polar surface area (TPSA) is 142 Å². The smallest absolute Gasteiger partial charge is 0.307 e. The predicted molar refractivity (Wildman–Crippen MR) is 163 cm³/mol. The number of carbonyl (C=O) groups is 4. The van der Waals surface area contributed by atoms with E-state index in [-0.39, 0.29) is 36.1 Å². The Kier molecular flexibility index (Phi) is 50.9. The Morgan fingerprint density at radius 3 is 0.857 bits per heavy atom. The zero-order chi connectivity index (χ0) is 34.5. The van der Waals surface area contributed by atoms with E-state index in [1.54, 1.807) is 42.3 Å². The van der Waals surface area contributed by atoms with Gasteiger partial charge in [0.1, 0.15) is 12.2 Å². The second kappa shape index (κ2) is 41.8. The van der Waals surface area contributed by atoms with Gasteiger partial charge in [-0.1, -0.05) is 26.3 Å². The molecule has 0 fully saturated rings. The average Bonchev–Trinajstić information content (AvgIpc) is 2.88. The highest BCUT2D eigenvalue weighted by atomic mass is 16.6. The molecule has 12 heteroatoms.